The first-order valence-electron chi connectivity index (χ1n) is 12.4. The standard InChI is InChI=1S/C27H36N2O6S/c1-19(29-26(31)25(30)24(28)16-20-10-4-2-5-11-20)27(32)35-17-21-12-8-9-13-22(21)18-36(33,34)23-14-6-3-7-15-23/h3,6-9,12-15,19-20,24-25,30H,2,4-5,10-11,16-18,28H2,1H3,(H,29,31)/t19-,24-,25?/m1/s1. The Bertz CT molecular complexity index is 1120. The summed E-state index contributed by atoms with van der Waals surface area (Å²) in [5.41, 5.74) is 7.15. The summed E-state index contributed by atoms with van der Waals surface area (Å²) in [6.07, 6.45) is 4.76. The maximum Gasteiger partial charge on any atom is 0.328 e. The molecule has 0 spiro atoms. The molecular weight excluding hydrogens is 480 g/mol. The number of rotatable bonds is 11. The number of amides is 1. The van der Waals surface area contributed by atoms with Crippen LogP contribution < -0.4 is 11.1 Å². The molecule has 0 radical (unpaired) electrons. The smallest absolute Gasteiger partial charge is 0.328 e. The van der Waals surface area contributed by atoms with Gasteiger partial charge in [0.1, 0.15) is 18.8 Å². The fraction of sp³-hybridized carbons (Fsp3) is 0.481. The van der Waals surface area contributed by atoms with Crippen molar-refractivity contribution >= 4 is 21.7 Å². The molecule has 1 amide bonds. The van der Waals surface area contributed by atoms with Gasteiger partial charge in [0.25, 0.3) is 5.91 Å². The minimum absolute atomic E-state index is 0.150. The van der Waals surface area contributed by atoms with Crippen LogP contribution in [-0.4, -0.2) is 43.6 Å². The van der Waals surface area contributed by atoms with Crippen LogP contribution in [0.4, 0.5) is 0 Å². The summed E-state index contributed by atoms with van der Waals surface area (Å²) in [6.45, 7) is 1.31. The summed E-state index contributed by atoms with van der Waals surface area (Å²) in [5, 5.41) is 12.8. The van der Waals surface area contributed by atoms with E-state index in [2.05, 4.69) is 5.32 Å². The molecule has 1 aliphatic rings. The summed E-state index contributed by atoms with van der Waals surface area (Å²) in [5.74, 6) is -1.24. The number of esters is 1. The Labute approximate surface area is 213 Å². The number of carbonyl (C=O) groups excluding carboxylic acids is 2. The summed E-state index contributed by atoms with van der Waals surface area (Å²) < 4.78 is 30.9. The van der Waals surface area contributed by atoms with Crippen LogP contribution >= 0.6 is 0 Å². The molecule has 1 aliphatic carbocycles. The fourth-order valence-corrected chi connectivity index (χ4v) is 5.95. The second kappa shape index (κ2) is 13.0. The van der Waals surface area contributed by atoms with Gasteiger partial charge in [-0.1, -0.05) is 74.6 Å². The monoisotopic (exact) mass is 516 g/mol. The van der Waals surface area contributed by atoms with Crippen molar-refractivity contribution < 1.29 is 27.9 Å². The van der Waals surface area contributed by atoms with E-state index >= 15 is 0 Å². The van der Waals surface area contributed by atoms with Crippen molar-refractivity contribution in [3.8, 4) is 0 Å². The maximum atomic E-state index is 12.8. The van der Waals surface area contributed by atoms with Crippen LogP contribution in [0.15, 0.2) is 59.5 Å². The van der Waals surface area contributed by atoms with E-state index < -0.39 is 39.9 Å². The summed E-state index contributed by atoms with van der Waals surface area (Å²) in [7, 11) is -3.57. The number of sulfone groups is 1. The molecule has 1 fully saturated rings. The first-order chi connectivity index (χ1) is 17.2. The van der Waals surface area contributed by atoms with Crippen LogP contribution in [0.25, 0.3) is 0 Å². The van der Waals surface area contributed by atoms with Crippen molar-refractivity contribution in [2.24, 2.45) is 11.7 Å². The molecule has 36 heavy (non-hydrogen) atoms. The number of ether oxygens (including phenoxy) is 1. The van der Waals surface area contributed by atoms with Gasteiger partial charge in [-0.05, 0) is 42.5 Å². The lowest BCUT2D eigenvalue weighted by Crippen LogP contribution is -2.51. The highest BCUT2D eigenvalue weighted by Crippen LogP contribution is 2.27. The number of nitrogens with one attached hydrogen (secondary N) is 1. The van der Waals surface area contributed by atoms with E-state index in [1.807, 2.05) is 0 Å². The zero-order valence-electron chi connectivity index (χ0n) is 20.6. The minimum atomic E-state index is -3.57. The third-order valence-corrected chi connectivity index (χ3v) is 8.33. The Morgan fingerprint density at radius 1 is 1.03 bits per heavy atom. The van der Waals surface area contributed by atoms with Crippen molar-refractivity contribution in [2.75, 3.05) is 0 Å². The zero-order valence-corrected chi connectivity index (χ0v) is 21.5. The van der Waals surface area contributed by atoms with Gasteiger partial charge in [0, 0.05) is 6.04 Å². The predicted octanol–water partition coefficient (Wildman–Crippen LogP) is 2.87. The van der Waals surface area contributed by atoms with Crippen LogP contribution in [0.5, 0.6) is 0 Å². The van der Waals surface area contributed by atoms with Crippen molar-refractivity contribution in [1.82, 2.24) is 5.32 Å². The molecule has 8 nitrogen and oxygen atoms in total. The first kappa shape index (κ1) is 27.8. The largest absolute Gasteiger partial charge is 0.459 e. The molecule has 9 heteroatoms. The van der Waals surface area contributed by atoms with E-state index in [-0.39, 0.29) is 17.3 Å². The van der Waals surface area contributed by atoms with Gasteiger partial charge in [-0.2, -0.15) is 0 Å². The lowest BCUT2D eigenvalue weighted by atomic mass is 9.84. The number of hydrogen-bond acceptors (Lipinski definition) is 7. The van der Waals surface area contributed by atoms with Gasteiger partial charge in [0.15, 0.2) is 9.84 Å². The molecule has 1 unspecified atom stereocenters. The van der Waals surface area contributed by atoms with Gasteiger partial charge in [0.05, 0.1) is 10.6 Å². The van der Waals surface area contributed by atoms with Crippen LogP contribution in [-0.2, 0) is 36.5 Å². The van der Waals surface area contributed by atoms with Crippen molar-refractivity contribution in [1.29, 1.82) is 0 Å². The third kappa shape index (κ3) is 7.88. The third-order valence-electron chi connectivity index (χ3n) is 6.65. The number of nitrogens with two attached hydrogens (primary N) is 1. The van der Waals surface area contributed by atoms with Crippen LogP contribution in [0.1, 0.15) is 56.6 Å². The lowest BCUT2D eigenvalue weighted by molar-refractivity contribution is -0.149. The Kier molecular flexibility index (Phi) is 10.0. The minimum Gasteiger partial charge on any atom is -0.459 e. The molecule has 0 bridgehead atoms. The van der Waals surface area contributed by atoms with E-state index in [9.17, 15) is 23.1 Å². The number of carbonyl (C=O) groups is 2. The van der Waals surface area contributed by atoms with Gasteiger partial charge >= 0.3 is 5.97 Å². The first-order valence-corrected chi connectivity index (χ1v) is 14.1. The van der Waals surface area contributed by atoms with Crippen molar-refractivity contribution in [3.63, 3.8) is 0 Å². The van der Waals surface area contributed by atoms with Gasteiger partial charge in [0.2, 0.25) is 0 Å². The maximum absolute atomic E-state index is 12.8. The van der Waals surface area contributed by atoms with Crippen molar-refractivity contribution in [3.05, 3.63) is 65.7 Å². The number of benzene rings is 2. The average molecular weight is 517 g/mol. The van der Waals surface area contributed by atoms with E-state index in [1.165, 1.54) is 25.5 Å². The Morgan fingerprint density at radius 2 is 1.64 bits per heavy atom. The summed E-state index contributed by atoms with van der Waals surface area (Å²) in [4.78, 5) is 25.2. The quantitative estimate of drug-likeness (QED) is 0.391. The Balaban J connectivity index is 1.53. The zero-order chi connectivity index (χ0) is 26.1. The van der Waals surface area contributed by atoms with Gasteiger partial charge < -0.3 is 20.9 Å². The molecule has 0 saturated heterocycles. The SMILES string of the molecule is C[C@@H](NC(=O)C(O)[C@H](N)CC1CCCCC1)C(=O)OCc1ccccc1CS(=O)(=O)c1ccccc1. The molecule has 3 atom stereocenters. The van der Waals surface area contributed by atoms with Gasteiger partial charge in [-0.15, -0.1) is 0 Å². The summed E-state index contributed by atoms with van der Waals surface area (Å²) >= 11 is 0. The Morgan fingerprint density at radius 3 is 2.31 bits per heavy atom. The highest BCUT2D eigenvalue weighted by atomic mass is 32.2. The van der Waals surface area contributed by atoms with Gasteiger partial charge in [-0.3, -0.25) is 4.79 Å². The number of aliphatic hydroxyl groups is 1. The molecule has 2 aromatic rings. The average Bonchev–Trinajstić information content (AvgIpc) is 2.88. The Hall–Kier alpha value is -2.75. The molecule has 3 rings (SSSR count). The topological polar surface area (TPSA) is 136 Å². The van der Waals surface area contributed by atoms with Crippen LogP contribution in [0.3, 0.4) is 0 Å². The second-order valence-electron chi connectivity index (χ2n) is 9.53. The van der Waals surface area contributed by atoms with Crippen LogP contribution in [0, 0.1) is 5.92 Å². The second-order valence-corrected chi connectivity index (χ2v) is 11.5. The predicted molar refractivity (Wildman–Crippen MR) is 136 cm³/mol. The summed E-state index contributed by atoms with van der Waals surface area (Å²) in [6, 6.07) is 13.3. The molecular formula is C27H36N2O6S. The normalized spacial score (nSPS) is 17.1. The molecule has 0 aliphatic heterocycles. The number of hydrogen-bond donors (Lipinski definition) is 3. The molecule has 1 saturated carbocycles. The van der Waals surface area contributed by atoms with Gasteiger partial charge in [-0.25, -0.2) is 13.2 Å². The van der Waals surface area contributed by atoms with Crippen LogP contribution in [0.2, 0.25) is 0 Å². The van der Waals surface area contributed by atoms with E-state index in [1.54, 1.807) is 42.5 Å². The lowest BCUT2D eigenvalue weighted by Gasteiger charge is -2.27. The number of aliphatic hydroxyl groups excluding tert-OH is 1. The molecule has 4 N–H and O–H groups in total. The molecule has 2 aromatic carbocycles. The highest BCUT2D eigenvalue weighted by Gasteiger charge is 2.29. The molecule has 0 heterocycles. The molecule has 196 valence electrons. The highest BCUT2D eigenvalue weighted by molar-refractivity contribution is 7.90. The van der Waals surface area contributed by atoms with E-state index in [0.29, 0.717) is 23.5 Å². The van der Waals surface area contributed by atoms with E-state index in [0.717, 1.165) is 25.7 Å². The molecule has 0 aromatic heterocycles. The van der Waals surface area contributed by atoms with Crippen molar-refractivity contribution in [2.45, 2.75) is 80.9 Å². The fourth-order valence-electron chi connectivity index (χ4n) is 4.52. The van der Waals surface area contributed by atoms with E-state index in [4.69, 9.17) is 10.5 Å².